The van der Waals surface area contributed by atoms with Crippen molar-refractivity contribution in [3.8, 4) is 11.3 Å². The number of amides is 1. The maximum Gasteiger partial charge on any atom is 0.251 e. The zero-order valence-corrected chi connectivity index (χ0v) is 16.2. The Morgan fingerprint density at radius 1 is 1.14 bits per heavy atom. The molecule has 1 amide bonds. The molecule has 2 heterocycles. The van der Waals surface area contributed by atoms with Crippen molar-refractivity contribution in [3.05, 3.63) is 71.8 Å². The zero-order chi connectivity index (χ0) is 20.3. The maximum atomic E-state index is 14.2. The molecule has 0 spiro atoms. The van der Waals surface area contributed by atoms with Crippen molar-refractivity contribution in [1.82, 2.24) is 20.5 Å². The zero-order valence-electron chi connectivity index (χ0n) is 16.2. The van der Waals surface area contributed by atoms with Gasteiger partial charge in [0, 0.05) is 36.3 Å². The highest BCUT2D eigenvalue weighted by atomic mass is 19.1. The molecule has 3 aromatic rings. The topological polar surface area (TPSA) is 79.8 Å². The van der Waals surface area contributed by atoms with Crippen LogP contribution in [0, 0.1) is 5.82 Å². The first kappa shape index (κ1) is 19.0. The Labute approximate surface area is 168 Å². The monoisotopic (exact) mass is 391 g/mol. The number of nitrogens with zero attached hydrogens (tertiary/aromatic N) is 3. The standard InChI is InChI=1S/C22H22FN5O/c1-24-21(29)16-6-2-5-15(13-16)18-8-9-19(28-27-18)26-14-22(10-4-11-22)20-17(23)7-3-12-25-20/h2-3,5-9,12-13H,4,10-11,14H2,1H3,(H,24,29)(H,26,28). The van der Waals surface area contributed by atoms with Crippen LogP contribution in [0.15, 0.2) is 54.7 Å². The molecule has 0 bridgehead atoms. The molecule has 7 heteroatoms. The summed E-state index contributed by atoms with van der Waals surface area (Å²) in [5.41, 5.74) is 2.28. The normalized spacial score (nSPS) is 14.7. The van der Waals surface area contributed by atoms with Gasteiger partial charge in [-0.15, -0.1) is 10.2 Å². The molecule has 1 fully saturated rings. The average molecular weight is 391 g/mol. The van der Waals surface area contributed by atoms with Crippen molar-refractivity contribution < 1.29 is 9.18 Å². The third kappa shape index (κ3) is 3.81. The summed E-state index contributed by atoms with van der Waals surface area (Å²) < 4.78 is 14.2. The van der Waals surface area contributed by atoms with Gasteiger partial charge in [0.25, 0.3) is 5.91 Å². The molecule has 1 aliphatic carbocycles. The van der Waals surface area contributed by atoms with Crippen LogP contribution in [0.3, 0.4) is 0 Å². The Kier molecular flexibility index (Phi) is 5.20. The third-order valence-corrected chi connectivity index (χ3v) is 5.49. The lowest BCUT2D eigenvalue weighted by molar-refractivity contribution is 0.0963. The molecule has 29 heavy (non-hydrogen) atoms. The van der Waals surface area contributed by atoms with Crippen LogP contribution < -0.4 is 10.6 Å². The van der Waals surface area contributed by atoms with E-state index in [1.54, 1.807) is 31.4 Å². The summed E-state index contributed by atoms with van der Waals surface area (Å²) in [6, 6.07) is 14.0. The predicted octanol–water partition coefficient (Wildman–Crippen LogP) is 3.57. The summed E-state index contributed by atoms with van der Waals surface area (Å²) in [5, 5.41) is 14.4. The lowest BCUT2D eigenvalue weighted by atomic mass is 9.66. The Morgan fingerprint density at radius 3 is 2.66 bits per heavy atom. The molecule has 0 unspecified atom stereocenters. The lowest BCUT2D eigenvalue weighted by Crippen LogP contribution is -2.42. The Morgan fingerprint density at radius 2 is 2.00 bits per heavy atom. The van der Waals surface area contributed by atoms with E-state index in [0.717, 1.165) is 24.8 Å². The second kappa shape index (κ2) is 7.95. The smallest absolute Gasteiger partial charge is 0.251 e. The Balaban J connectivity index is 1.48. The number of nitrogens with one attached hydrogen (secondary N) is 2. The third-order valence-electron chi connectivity index (χ3n) is 5.49. The number of hydrogen-bond donors (Lipinski definition) is 2. The van der Waals surface area contributed by atoms with Crippen LogP contribution in [-0.2, 0) is 5.41 Å². The highest BCUT2D eigenvalue weighted by molar-refractivity contribution is 5.95. The van der Waals surface area contributed by atoms with E-state index >= 15 is 0 Å². The molecular weight excluding hydrogens is 369 g/mol. The number of carbonyl (C=O) groups is 1. The average Bonchev–Trinajstić information content (AvgIpc) is 2.74. The van der Waals surface area contributed by atoms with E-state index in [0.29, 0.717) is 29.3 Å². The number of benzene rings is 1. The van der Waals surface area contributed by atoms with Crippen LogP contribution >= 0.6 is 0 Å². The SMILES string of the molecule is CNC(=O)c1cccc(-c2ccc(NCC3(c4ncccc4F)CCC3)nn2)c1. The first-order chi connectivity index (χ1) is 14.1. The number of anilines is 1. The number of carbonyl (C=O) groups excluding carboxylic acids is 1. The molecule has 0 aliphatic heterocycles. The maximum absolute atomic E-state index is 14.2. The van der Waals surface area contributed by atoms with Gasteiger partial charge >= 0.3 is 0 Å². The highest BCUT2D eigenvalue weighted by Crippen LogP contribution is 2.43. The second-order valence-corrected chi connectivity index (χ2v) is 7.29. The summed E-state index contributed by atoms with van der Waals surface area (Å²) in [6.07, 6.45) is 4.49. The summed E-state index contributed by atoms with van der Waals surface area (Å²) in [7, 11) is 1.60. The van der Waals surface area contributed by atoms with E-state index in [2.05, 4.69) is 25.8 Å². The van der Waals surface area contributed by atoms with Gasteiger partial charge in [0.15, 0.2) is 0 Å². The van der Waals surface area contributed by atoms with Crippen molar-refractivity contribution in [2.45, 2.75) is 24.7 Å². The van der Waals surface area contributed by atoms with Crippen molar-refractivity contribution >= 4 is 11.7 Å². The summed E-state index contributed by atoms with van der Waals surface area (Å²) in [5.74, 6) is 0.218. The van der Waals surface area contributed by atoms with Crippen LogP contribution in [0.25, 0.3) is 11.3 Å². The first-order valence-electron chi connectivity index (χ1n) is 9.62. The van der Waals surface area contributed by atoms with E-state index in [4.69, 9.17) is 0 Å². The van der Waals surface area contributed by atoms with E-state index in [1.807, 2.05) is 24.3 Å². The quantitative estimate of drug-likeness (QED) is 0.672. The number of rotatable bonds is 6. The van der Waals surface area contributed by atoms with Gasteiger partial charge in [-0.05, 0) is 49.2 Å². The molecule has 1 aromatic carbocycles. The molecule has 2 aromatic heterocycles. The summed E-state index contributed by atoms with van der Waals surface area (Å²) in [4.78, 5) is 16.1. The van der Waals surface area contributed by atoms with Crippen LogP contribution in [-0.4, -0.2) is 34.7 Å². The van der Waals surface area contributed by atoms with Crippen molar-refractivity contribution in [1.29, 1.82) is 0 Å². The fourth-order valence-corrected chi connectivity index (χ4v) is 3.68. The van der Waals surface area contributed by atoms with Gasteiger partial charge in [-0.1, -0.05) is 18.6 Å². The Hall–Kier alpha value is -3.35. The predicted molar refractivity (Wildman–Crippen MR) is 109 cm³/mol. The molecule has 4 rings (SSSR count). The molecule has 0 saturated heterocycles. The van der Waals surface area contributed by atoms with Crippen LogP contribution in [0.2, 0.25) is 0 Å². The van der Waals surface area contributed by atoms with Crippen molar-refractivity contribution in [2.24, 2.45) is 0 Å². The van der Waals surface area contributed by atoms with Gasteiger partial charge < -0.3 is 10.6 Å². The van der Waals surface area contributed by atoms with Crippen molar-refractivity contribution in [3.63, 3.8) is 0 Å². The molecule has 0 radical (unpaired) electrons. The second-order valence-electron chi connectivity index (χ2n) is 7.29. The van der Waals surface area contributed by atoms with Crippen LogP contribution in [0.4, 0.5) is 10.2 Å². The lowest BCUT2D eigenvalue weighted by Gasteiger charge is -2.41. The first-order valence-corrected chi connectivity index (χ1v) is 9.62. The van der Waals surface area contributed by atoms with Crippen molar-refractivity contribution in [2.75, 3.05) is 18.9 Å². The van der Waals surface area contributed by atoms with Gasteiger partial charge in [-0.3, -0.25) is 9.78 Å². The van der Waals surface area contributed by atoms with E-state index < -0.39 is 0 Å². The van der Waals surface area contributed by atoms with Crippen LogP contribution in [0.1, 0.15) is 35.3 Å². The minimum absolute atomic E-state index is 0.148. The molecule has 0 atom stereocenters. The number of pyridine rings is 1. The van der Waals surface area contributed by atoms with E-state index in [-0.39, 0.29) is 17.1 Å². The van der Waals surface area contributed by atoms with Gasteiger partial charge in [-0.2, -0.15) is 0 Å². The fourth-order valence-electron chi connectivity index (χ4n) is 3.68. The summed E-state index contributed by atoms with van der Waals surface area (Å²) in [6.45, 7) is 0.557. The fraction of sp³-hybridized carbons (Fsp3) is 0.273. The number of halogens is 1. The van der Waals surface area contributed by atoms with E-state index in [9.17, 15) is 9.18 Å². The van der Waals surface area contributed by atoms with Gasteiger partial charge in [0.2, 0.25) is 0 Å². The molecule has 2 N–H and O–H groups in total. The van der Waals surface area contributed by atoms with E-state index in [1.165, 1.54) is 6.07 Å². The van der Waals surface area contributed by atoms with Crippen LogP contribution in [0.5, 0.6) is 0 Å². The largest absolute Gasteiger partial charge is 0.368 e. The minimum Gasteiger partial charge on any atom is -0.368 e. The Bertz CT molecular complexity index is 1020. The molecule has 1 aliphatic rings. The van der Waals surface area contributed by atoms with Gasteiger partial charge in [-0.25, -0.2) is 4.39 Å². The highest BCUT2D eigenvalue weighted by Gasteiger charge is 2.41. The van der Waals surface area contributed by atoms with Gasteiger partial charge in [0.1, 0.15) is 11.6 Å². The molecule has 1 saturated carbocycles. The molecule has 148 valence electrons. The number of aromatic nitrogens is 3. The number of hydrogen-bond acceptors (Lipinski definition) is 5. The van der Waals surface area contributed by atoms with Gasteiger partial charge in [0.05, 0.1) is 11.4 Å². The minimum atomic E-state index is -0.298. The molecule has 6 nitrogen and oxygen atoms in total. The molecular formula is C22H22FN5O. The summed E-state index contributed by atoms with van der Waals surface area (Å²) >= 11 is 0.